The van der Waals surface area contributed by atoms with Gasteiger partial charge in [0.05, 0.1) is 6.92 Å². The fourth-order valence-corrected chi connectivity index (χ4v) is 0.474. The molecule has 0 unspecified atom stereocenters. The van der Waals surface area contributed by atoms with Gasteiger partial charge in [-0.1, -0.05) is 0 Å². The first-order valence-electron chi connectivity index (χ1n) is 1.75. The third kappa shape index (κ3) is 3.71. The van der Waals surface area contributed by atoms with Crippen LogP contribution >= 0.6 is 0 Å². The van der Waals surface area contributed by atoms with E-state index < -0.39 is 0 Å². The summed E-state index contributed by atoms with van der Waals surface area (Å²) in [5, 5.41) is 0. The standard InChI is InChI=1S/C3H8NSi/c1-3-4-5-2/h5H2,1-2H3/q+1. The monoisotopic (exact) mass is 86.0 g/mol. The second-order valence-electron chi connectivity index (χ2n) is 0.698. The van der Waals surface area contributed by atoms with Gasteiger partial charge in [-0.3, -0.25) is 0 Å². The number of nitrogens with zero attached hydrogens (tertiary/aromatic N) is 1. The molecule has 5 heavy (non-hydrogen) atoms. The molecule has 0 rings (SSSR count). The lowest BCUT2D eigenvalue weighted by atomic mass is 11.0. The van der Waals surface area contributed by atoms with E-state index in [2.05, 4.69) is 17.1 Å². The van der Waals surface area contributed by atoms with Gasteiger partial charge < -0.3 is 0 Å². The van der Waals surface area contributed by atoms with Crippen LogP contribution in [0, 0.1) is 6.07 Å². The fraction of sp³-hybridized carbons (Fsp3) is 0.667. The highest BCUT2D eigenvalue weighted by atomic mass is 28.2. The summed E-state index contributed by atoms with van der Waals surface area (Å²) in [4.78, 5) is 0. The van der Waals surface area contributed by atoms with Gasteiger partial charge in [0.25, 0.3) is 0 Å². The van der Waals surface area contributed by atoms with Crippen LogP contribution in [0.25, 0.3) is 4.51 Å². The minimum absolute atomic E-state index is 0.0721. The Morgan fingerprint density at radius 1 is 1.80 bits per heavy atom. The fourth-order valence-electron chi connectivity index (χ4n) is 0.158. The summed E-state index contributed by atoms with van der Waals surface area (Å²) in [5.41, 5.74) is 0. The van der Waals surface area contributed by atoms with Crippen LogP contribution in [-0.2, 0) is 0 Å². The van der Waals surface area contributed by atoms with Gasteiger partial charge in [0.1, 0.15) is 0 Å². The van der Waals surface area contributed by atoms with E-state index in [1.165, 1.54) is 0 Å². The van der Waals surface area contributed by atoms with Crippen molar-refractivity contribution in [3.8, 4) is 6.07 Å². The van der Waals surface area contributed by atoms with E-state index in [9.17, 15) is 0 Å². The molecule has 0 amide bonds. The quantitative estimate of drug-likeness (QED) is 0.377. The zero-order valence-electron chi connectivity index (χ0n) is 3.65. The third-order valence-electron chi connectivity index (χ3n) is 0.316. The lowest BCUT2D eigenvalue weighted by Crippen LogP contribution is -1.58. The second-order valence-corrected chi connectivity index (χ2v) is 1.65. The Kier molecular flexibility index (Phi) is 3.49. The van der Waals surface area contributed by atoms with Crippen molar-refractivity contribution in [1.82, 2.24) is 0 Å². The number of hydrogen-bond acceptors (Lipinski definition) is 0. The summed E-state index contributed by atoms with van der Waals surface area (Å²) in [6.45, 7) is 3.95. The maximum absolute atomic E-state index is 3.86. The zero-order chi connectivity index (χ0) is 4.12. The Balaban J connectivity index is 2.81. The molecular weight excluding hydrogens is 78.1 g/mol. The summed E-state index contributed by atoms with van der Waals surface area (Å²) in [6.07, 6.45) is 0. The highest BCUT2D eigenvalue weighted by Gasteiger charge is 1.72. The molecule has 0 aromatic rings. The smallest absolute Gasteiger partial charge is 0.201 e. The van der Waals surface area contributed by atoms with E-state index in [1.807, 2.05) is 6.92 Å². The molecule has 28 valence electrons. The highest BCUT2D eigenvalue weighted by Crippen LogP contribution is 1.55. The first-order chi connectivity index (χ1) is 2.41. The minimum atomic E-state index is -0.0721. The van der Waals surface area contributed by atoms with E-state index in [0.717, 1.165) is 0 Å². The van der Waals surface area contributed by atoms with Gasteiger partial charge in [0.2, 0.25) is 6.07 Å². The molecule has 0 aliphatic heterocycles. The first-order valence-corrected chi connectivity index (χ1v) is 3.79. The van der Waals surface area contributed by atoms with Crippen molar-refractivity contribution in [2.45, 2.75) is 13.5 Å². The normalized spacial score (nSPS) is 7.60. The summed E-state index contributed by atoms with van der Waals surface area (Å²) in [6, 6.07) is 2.70. The second kappa shape index (κ2) is 3.71. The van der Waals surface area contributed by atoms with E-state index in [0.29, 0.717) is 0 Å². The van der Waals surface area contributed by atoms with Crippen molar-refractivity contribution in [2.75, 3.05) is 0 Å². The molecule has 0 atom stereocenters. The maximum Gasteiger partial charge on any atom is 0.478 e. The van der Waals surface area contributed by atoms with Crippen molar-refractivity contribution in [3.63, 3.8) is 0 Å². The van der Waals surface area contributed by atoms with E-state index in [1.54, 1.807) is 0 Å². The molecular formula is C3H8NSi+. The van der Waals surface area contributed by atoms with Crippen LogP contribution in [0.2, 0.25) is 6.55 Å². The molecule has 0 aromatic heterocycles. The summed E-state index contributed by atoms with van der Waals surface area (Å²) in [5.74, 6) is 0. The molecule has 0 aromatic carbocycles. The Hall–Kier alpha value is -0.293. The van der Waals surface area contributed by atoms with Crippen LogP contribution in [0.15, 0.2) is 0 Å². The number of rotatable bonds is 0. The van der Waals surface area contributed by atoms with E-state index in [4.69, 9.17) is 0 Å². The first kappa shape index (κ1) is 4.71. The molecule has 0 radical (unpaired) electrons. The molecule has 0 aliphatic rings. The Morgan fingerprint density at radius 3 is 2.40 bits per heavy atom. The minimum Gasteiger partial charge on any atom is -0.201 e. The topological polar surface area (TPSA) is 4.36 Å². The molecule has 2 heteroatoms. The van der Waals surface area contributed by atoms with Crippen molar-refractivity contribution >= 4 is 9.68 Å². The molecule has 0 heterocycles. The van der Waals surface area contributed by atoms with Crippen molar-refractivity contribution in [1.29, 1.82) is 0 Å². The van der Waals surface area contributed by atoms with Crippen molar-refractivity contribution in [3.05, 3.63) is 4.51 Å². The van der Waals surface area contributed by atoms with Crippen molar-refractivity contribution in [2.24, 2.45) is 0 Å². The molecule has 0 spiro atoms. The predicted molar refractivity (Wildman–Crippen MR) is 27.3 cm³/mol. The van der Waals surface area contributed by atoms with Crippen LogP contribution in [0.4, 0.5) is 0 Å². The SMILES string of the molecule is CC#[N+][SiH2]C. The largest absolute Gasteiger partial charge is 0.478 e. The van der Waals surface area contributed by atoms with Gasteiger partial charge in [0, 0.05) is 6.55 Å². The molecule has 0 saturated heterocycles. The highest BCUT2D eigenvalue weighted by molar-refractivity contribution is 6.37. The number of hydrogen-bond donors (Lipinski definition) is 0. The van der Waals surface area contributed by atoms with Crippen LogP contribution in [0.5, 0.6) is 0 Å². The van der Waals surface area contributed by atoms with Gasteiger partial charge in [-0.15, -0.1) is 0 Å². The molecule has 1 nitrogen and oxygen atoms in total. The summed E-state index contributed by atoms with van der Waals surface area (Å²) < 4.78 is 3.86. The van der Waals surface area contributed by atoms with Crippen molar-refractivity contribution < 1.29 is 0 Å². The molecule has 0 aliphatic carbocycles. The van der Waals surface area contributed by atoms with Gasteiger partial charge in [-0.2, -0.15) is 0 Å². The van der Waals surface area contributed by atoms with Gasteiger partial charge in [-0.05, 0) is 0 Å². The van der Waals surface area contributed by atoms with Crippen LogP contribution in [0.3, 0.4) is 0 Å². The summed E-state index contributed by atoms with van der Waals surface area (Å²) >= 11 is 0. The molecule has 0 bridgehead atoms. The molecule has 0 fully saturated rings. The predicted octanol–water partition coefficient (Wildman–Crippen LogP) is 0.471. The Morgan fingerprint density at radius 2 is 2.40 bits per heavy atom. The average molecular weight is 86.2 g/mol. The lowest BCUT2D eigenvalue weighted by molar-refractivity contribution is 1.91. The Labute approximate surface area is 34.7 Å². The third-order valence-corrected chi connectivity index (χ3v) is 0.949. The van der Waals surface area contributed by atoms with Crippen LogP contribution < -0.4 is 0 Å². The summed E-state index contributed by atoms with van der Waals surface area (Å²) in [7, 11) is -0.0721. The zero-order valence-corrected chi connectivity index (χ0v) is 5.07. The molecule has 0 saturated carbocycles. The average Bonchev–Trinajstić information content (AvgIpc) is 1.41. The Bertz CT molecular complexity index is 59.0. The van der Waals surface area contributed by atoms with E-state index in [-0.39, 0.29) is 9.68 Å². The van der Waals surface area contributed by atoms with E-state index >= 15 is 0 Å². The van der Waals surface area contributed by atoms with Gasteiger partial charge in [0.15, 0.2) is 0 Å². The van der Waals surface area contributed by atoms with Gasteiger partial charge >= 0.3 is 9.68 Å². The van der Waals surface area contributed by atoms with Crippen LogP contribution in [-0.4, -0.2) is 9.68 Å². The van der Waals surface area contributed by atoms with Crippen LogP contribution in [0.1, 0.15) is 6.92 Å². The maximum atomic E-state index is 3.86. The van der Waals surface area contributed by atoms with Gasteiger partial charge in [-0.25, -0.2) is 4.51 Å². The lowest BCUT2D eigenvalue weighted by Gasteiger charge is -1.40. The molecule has 0 N–H and O–H groups in total.